The third kappa shape index (κ3) is 5.17. The zero-order valence-corrected chi connectivity index (χ0v) is 15.1. The lowest BCUT2D eigenvalue weighted by Crippen LogP contribution is -2.29. The second kappa shape index (κ2) is 8.80. The minimum atomic E-state index is -0.774. The number of para-hydroxylation sites is 1. The molecule has 26 heavy (non-hydrogen) atoms. The highest BCUT2D eigenvalue weighted by Gasteiger charge is 2.17. The molecule has 136 valence electrons. The lowest BCUT2D eigenvalue weighted by molar-refractivity contribution is -0.133. The Bertz CT molecular complexity index is 817. The van der Waals surface area contributed by atoms with E-state index in [2.05, 4.69) is 29.8 Å². The Morgan fingerprint density at radius 3 is 2.15 bits per heavy atom. The van der Waals surface area contributed by atoms with E-state index in [4.69, 9.17) is 0 Å². The summed E-state index contributed by atoms with van der Waals surface area (Å²) in [4.78, 5) is 35.5. The number of hydrogen-bond acceptors (Lipinski definition) is 3. The van der Waals surface area contributed by atoms with Crippen LogP contribution in [0, 0.1) is 0 Å². The molecule has 0 aliphatic carbocycles. The zero-order chi connectivity index (χ0) is 19.1. The van der Waals surface area contributed by atoms with Crippen molar-refractivity contribution in [3.8, 4) is 0 Å². The third-order valence-corrected chi connectivity index (χ3v) is 4.00. The maximum atomic E-state index is 12.2. The molecular weight excluding hydrogens is 330 g/mol. The van der Waals surface area contributed by atoms with Crippen molar-refractivity contribution in [1.29, 1.82) is 0 Å². The third-order valence-electron chi connectivity index (χ3n) is 4.00. The number of hydrogen-bond donors (Lipinski definition) is 3. The van der Waals surface area contributed by atoms with Gasteiger partial charge in [-0.15, -0.1) is 0 Å². The van der Waals surface area contributed by atoms with Gasteiger partial charge in [-0.05, 0) is 42.2 Å². The predicted molar refractivity (Wildman–Crippen MR) is 103 cm³/mol. The summed E-state index contributed by atoms with van der Waals surface area (Å²) in [7, 11) is 0. The quantitative estimate of drug-likeness (QED) is 0.716. The molecule has 0 saturated carbocycles. The Kier molecular flexibility index (Phi) is 6.49. The van der Waals surface area contributed by atoms with Crippen LogP contribution < -0.4 is 16.0 Å². The number of carbonyl (C=O) groups is 3. The summed E-state index contributed by atoms with van der Waals surface area (Å²) in [5, 5.41) is 7.83. The monoisotopic (exact) mass is 353 g/mol. The fourth-order valence-corrected chi connectivity index (χ4v) is 2.51. The van der Waals surface area contributed by atoms with E-state index in [0.29, 0.717) is 17.1 Å². The first-order valence-corrected chi connectivity index (χ1v) is 8.49. The Hall–Kier alpha value is -3.15. The van der Waals surface area contributed by atoms with Gasteiger partial charge >= 0.3 is 11.8 Å². The molecule has 2 aromatic rings. The minimum Gasteiger partial charge on any atom is -0.326 e. The van der Waals surface area contributed by atoms with Crippen molar-refractivity contribution in [2.75, 3.05) is 16.0 Å². The zero-order valence-electron chi connectivity index (χ0n) is 15.1. The summed E-state index contributed by atoms with van der Waals surface area (Å²) >= 11 is 0. The second-order valence-corrected chi connectivity index (χ2v) is 6.07. The average molecular weight is 353 g/mol. The summed E-state index contributed by atoms with van der Waals surface area (Å²) < 4.78 is 0. The molecule has 0 aliphatic heterocycles. The first-order chi connectivity index (χ1) is 12.4. The van der Waals surface area contributed by atoms with Crippen LogP contribution in [0.5, 0.6) is 0 Å². The standard InChI is InChI=1S/C20H23N3O3/c1-4-13(2)17-10-5-6-11-18(17)23-20(26)19(25)22-16-9-7-8-15(12-16)21-14(3)24/h5-13H,4H2,1-3H3,(H,21,24)(H,22,25)(H,23,26). The smallest absolute Gasteiger partial charge is 0.314 e. The van der Waals surface area contributed by atoms with Crippen LogP contribution in [0.1, 0.15) is 38.7 Å². The van der Waals surface area contributed by atoms with Gasteiger partial charge in [-0.1, -0.05) is 38.1 Å². The first kappa shape index (κ1) is 19.2. The molecule has 6 nitrogen and oxygen atoms in total. The van der Waals surface area contributed by atoms with Crippen molar-refractivity contribution in [3.05, 3.63) is 54.1 Å². The minimum absolute atomic E-state index is 0.215. The van der Waals surface area contributed by atoms with Crippen LogP contribution in [0.3, 0.4) is 0 Å². The maximum Gasteiger partial charge on any atom is 0.314 e. The van der Waals surface area contributed by atoms with E-state index in [-0.39, 0.29) is 11.8 Å². The number of amides is 3. The largest absolute Gasteiger partial charge is 0.326 e. The van der Waals surface area contributed by atoms with Crippen LogP contribution >= 0.6 is 0 Å². The number of rotatable bonds is 5. The van der Waals surface area contributed by atoms with Gasteiger partial charge in [-0.25, -0.2) is 0 Å². The number of benzene rings is 2. The molecule has 1 unspecified atom stereocenters. The molecule has 3 N–H and O–H groups in total. The highest BCUT2D eigenvalue weighted by atomic mass is 16.2. The molecule has 0 radical (unpaired) electrons. The first-order valence-electron chi connectivity index (χ1n) is 8.49. The van der Waals surface area contributed by atoms with Gasteiger partial charge in [0.2, 0.25) is 5.91 Å². The molecule has 0 bridgehead atoms. The molecule has 0 aliphatic rings. The summed E-state index contributed by atoms with van der Waals surface area (Å²) in [5.41, 5.74) is 2.59. The van der Waals surface area contributed by atoms with Gasteiger partial charge < -0.3 is 16.0 Å². The Balaban J connectivity index is 2.07. The highest BCUT2D eigenvalue weighted by molar-refractivity contribution is 6.43. The van der Waals surface area contributed by atoms with Crippen LogP contribution in [0.4, 0.5) is 17.1 Å². The fraction of sp³-hybridized carbons (Fsp3) is 0.250. The second-order valence-electron chi connectivity index (χ2n) is 6.07. The van der Waals surface area contributed by atoms with Crippen LogP contribution in [-0.2, 0) is 14.4 Å². The summed E-state index contributed by atoms with van der Waals surface area (Å²) in [6, 6.07) is 14.0. The van der Waals surface area contributed by atoms with Crippen LogP contribution in [0.2, 0.25) is 0 Å². The van der Waals surface area contributed by atoms with Gasteiger partial charge in [0.25, 0.3) is 0 Å². The summed E-state index contributed by atoms with van der Waals surface area (Å²) in [6.45, 7) is 5.53. The Morgan fingerprint density at radius 1 is 0.885 bits per heavy atom. The van der Waals surface area contributed by atoms with Crippen LogP contribution in [0.25, 0.3) is 0 Å². The molecule has 0 saturated heterocycles. The molecule has 0 spiro atoms. The van der Waals surface area contributed by atoms with Gasteiger partial charge in [0, 0.05) is 24.0 Å². The predicted octanol–water partition coefficient (Wildman–Crippen LogP) is 3.74. The van der Waals surface area contributed by atoms with Crippen molar-refractivity contribution >= 4 is 34.8 Å². The number of carbonyl (C=O) groups excluding carboxylic acids is 3. The van der Waals surface area contributed by atoms with Crippen molar-refractivity contribution in [2.24, 2.45) is 0 Å². The molecule has 3 amide bonds. The number of nitrogens with one attached hydrogen (secondary N) is 3. The Labute approximate surface area is 153 Å². The van der Waals surface area contributed by atoms with Gasteiger partial charge in [0.15, 0.2) is 0 Å². The lowest BCUT2D eigenvalue weighted by atomic mass is 9.97. The Morgan fingerprint density at radius 2 is 1.50 bits per heavy atom. The molecule has 0 heterocycles. The lowest BCUT2D eigenvalue weighted by Gasteiger charge is -2.15. The molecule has 2 aromatic carbocycles. The van der Waals surface area contributed by atoms with E-state index in [9.17, 15) is 14.4 Å². The molecule has 0 fully saturated rings. The van der Waals surface area contributed by atoms with E-state index in [1.807, 2.05) is 18.2 Å². The van der Waals surface area contributed by atoms with E-state index >= 15 is 0 Å². The topological polar surface area (TPSA) is 87.3 Å². The van der Waals surface area contributed by atoms with E-state index in [0.717, 1.165) is 12.0 Å². The molecule has 0 aromatic heterocycles. The van der Waals surface area contributed by atoms with Crippen LogP contribution in [0.15, 0.2) is 48.5 Å². The highest BCUT2D eigenvalue weighted by Crippen LogP contribution is 2.26. The van der Waals surface area contributed by atoms with E-state index in [1.165, 1.54) is 6.92 Å². The van der Waals surface area contributed by atoms with Crippen LogP contribution in [-0.4, -0.2) is 17.7 Å². The van der Waals surface area contributed by atoms with Gasteiger partial charge in [-0.3, -0.25) is 14.4 Å². The van der Waals surface area contributed by atoms with Gasteiger partial charge in [0.05, 0.1) is 0 Å². The molecule has 1 atom stereocenters. The van der Waals surface area contributed by atoms with Crippen molar-refractivity contribution in [1.82, 2.24) is 0 Å². The molecular formula is C20H23N3O3. The van der Waals surface area contributed by atoms with E-state index in [1.54, 1.807) is 30.3 Å². The van der Waals surface area contributed by atoms with Crippen molar-refractivity contribution in [2.45, 2.75) is 33.1 Å². The van der Waals surface area contributed by atoms with Crippen molar-refractivity contribution < 1.29 is 14.4 Å². The molecule has 2 rings (SSSR count). The normalized spacial score (nSPS) is 11.3. The van der Waals surface area contributed by atoms with Gasteiger partial charge in [-0.2, -0.15) is 0 Å². The SMILES string of the molecule is CCC(C)c1ccccc1NC(=O)C(=O)Nc1cccc(NC(C)=O)c1. The maximum absolute atomic E-state index is 12.2. The average Bonchev–Trinajstić information content (AvgIpc) is 2.61. The number of anilines is 3. The van der Waals surface area contributed by atoms with Gasteiger partial charge in [0.1, 0.15) is 0 Å². The summed E-state index contributed by atoms with van der Waals surface area (Å²) in [6.07, 6.45) is 0.926. The van der Waals surface area contributed by atoms with E-state index < -0.39 is 11.8 Å². The van der Waals surface area contributed by atoms with Crippen molar-refractivity contribution in [3.63, 3.8) is 0 Å². The summed E-state index contributed by atoms with van der Waals surface area (Å²) in [5.74, 6) is -1.47. The molecule has 6 heteroatoms. The fourth-order valence-electron chi connectivity index (χ4n) is 2.51.